The Hall–Kier alpha value is -2.90. The number of halogens is 2. The first kappa shape index (κ1) is 19.9. The second kappa shape index (κ2) is 8.41. The van der Waals surface area contributed by atoms with Crippen LogP contribution in [0, 0.1) is 5.82 Å². The third kappa shape index (κ3) is 4.16. The Labute approximate surface area is 167 Å². The van der Waals surface area contributed by atoms with Gasteiger partial charge in [0.05, 0.1) is 17.8 Å². The zero-order valence-corrected chi connectivity index (χ0v) is 16.5. The van der Waals surface area contributed by atoms with E-state index in [-0.39, 0.29) is 11.9 Å². The second-order valence-electron chi connectivity index (χ2n) is 6.18. The van der Waals surface area contributed by atoms with Crippen LogP contribution in [0.4, 0.5) is 21.6 Å². The Morgan fingerprint density at radius 3 is 2.43 bits per heavy atom. The van der Waals surface area contributed by atoms with Gasteiger partial charge in [-0.15, -0.1) is 0 Å². The molecule has 1 aromatic heterocycles. The summed E-state index contributed by atoms with van der Waals surface area (Å²) in [7, 11) is 3.33. The quantitative estimate of drug-likeness (QED) is 0.552. The van der Waals surface area contributed by atoms with Crippen molar-refractivity contribution in [1.82, 2.24) is 9.97 Å². The summed E-state index contributed by atoms with van der Waals surface area (Å²) in [6.45, 7) is 1.84. The van der Waals surface area contributed by atoms with Crippen LogP contribution in [0.5, 0.6) is 5.75 Å². The van der Waals surface area contributed by atoms with Gasteiger partial charge in [-0.3, -0.25) is 0 Å². The van der Waals surface area contributed by atoms with Crippen molar-refractivity contribution in [3.05, 3.63) is 59.0 Å². The second-order valence-corrected chi connectivity index (χ2v) is 6.58. The molecule has 0 radical (unpaired) electrons. The highest BCUT2D eigenvalue weighted by atomic mass is 35.5. The number of nitrogens with zero attached hydrogens (tertiary/aromatic N) is 2. The number of nitrogens with one attached hydrogen (secondary N) is 2. The highest BCUT2D eigenvalue weighted by molar-refractivity contribution is 6.32. The first-order valence-electron chi connectivity index (χ1n) is 8.64. The average molecular weight is 402 g/mol. The molecule has 4 N–H and O–H groups in total. The zero-order valence-electron chi connectivity index (χ0n) is 15.8. The maximum Gasteiger partial charge on any atom is 0.162 e. The minimum atomic E-state index is -0.343. The van der Waals surface area contributed by atoms with E-state index in [9.17, 15) is 4.39 Å². The molecule has 3 aromatic rings. The van der Waals surface area contributed by atoms with E-state index >= 15 is 0 Å². The number of ether oxygens (including phenoxy) is 1. The number of aromatic nitrogens is 2. The normalized spacial score (nSPS) is 11.8. The van der Waals surface area contributed by atoms with Crippen LogP contribution in [0.2, 0.25) is 5.02 Å². The minimum Gasteiger partial charge on any atom is -0.495 e. The van der Waals surface area contributed by atoms with Gasteiger partial charge in [0.1, 0.15) is 17.3 Å². The molecular formula is C20H21ClFN5O. The lowest BCUT2D eigenvalue weighted by atomic mass is 10.1. The van der Waals surface area contributed by atoms with Crippen LogP contribution in [0.1, 0.15) is 18.7 Å². The monoisotopic (exact) mass is 401 g/mol. The van der Waals surface area contributed by atoms with E-state index in [0.717, 1.165) is 5.69 Å². The Morgan fingerprint density at radius 2 is 1.86 bits per heavy atom. The van der Waals surface area contributed by atoms with Crippen LogP contribution in [-0.2, 0) is 0 Å². The molecule has 3 rings (SSSR count). The summed E-state index contributed by atoms with van der Waals surface area (Å²) in [4.78, 5) is 9.20. The van der Waals surface area contributed by atoms with E-state index < -0.39 is 0 Å². The summed E-state index contributed by atoms with van der Waals surface area (Å²) in [6.07, 6.45) is 0. The molecule has 0 saturated heterocycles. The molecule has 0 bridgehead atoms. The molecule has 1 unspecified atom stereocenters. The number of benzene rings is 2. The van der Waals surface area contributed by atoms with E-state index in [2.05, 4.69) is 20.6 Å². The van der Waals surface area contributed by atoms with Gasteiger partial charge in [-0.25, -0.2) is 14.4 Å². The van der Waals surface area contributed by atoms with Gasteiger partial charge in [0.2, 0.25) is 0 Å². The number of nitrogens with two attached hydrogens (primary N) is 1. The molecule has 1 heterocycles. The fraction of sp³-hybridized carbons (Fsp3) is 0.200. The van der Waals surface area contributed by atoms with Crippen LogP contribution >= 0.6 is 11.6 Å². The lowest BCUT2D eigenvalue weighted by molar-refractivity contribution is 0.415. The third-order valence-corrected chi connectivity index (χ3v) is 4.43. The van der Waals surface area contributed by atoms with Crippen LogP contribution in [0.15, 0.2) is 42.5 Å². The molecule has 146 valence electrons. The molecule has 0 amide bonds. The van der Waals surface area contributed by atoms with Crippen molar-refractivity contribution in [1.29, 1.82) is 0 Å². The van der Waals surface area contributed by atoms with Gasteiger partial charge in [0, 0.05) is 24.3 Å². The molecule has 0 aliphatic heterocycles. The van der Waals surface area contributed by atoms with Crippen LogP contribution in [-0.4, -0.2) is 24.1 Å². The molecular weight excluding hydrogens is 381 g/mol. The van der Waals surface area contributed by atoms with Crippen molar-refractivity contribution in [2.24, 2.45) is 5.73 Å². The summed E-state index contributed by atoms with van der Waals surface area (Å²) in [5.41, 5.74) is 8.85. The first-order chi connectivity index (χ1) is 13.4. The van der Waals surface area contributed by atoms with Gasteiger partial charge >= 0.3 is 0 Å². The highest BCUT2D eigenvalue weighted by Crippen LogP contribution is 2.34. The first-order valence-corrected chi connectivity index (χ1v) is 9.02. The molecule has 8 heteroatoms. The largest absolute Gasteiger partial charge is 0.495 e. The molecule has 28 heavy (non-hydrogen) atoms. The summed E-state index contributed by atoms with van der Waals surface area (Å²) < 4.78 is 18.5. The standard InChI is InChI=1S/C20H21ClFN5O/c1-11(23)17-18(24-2)20(25-14-8-9-16(28-3)15(21)10-14)27-19(26-17)12-4-6-13(22)7-5-12/h4-11,24H,23H2,1-3H3,(H,25,26,27). The summed E-state index contributed by atoms with van der Waals surface area (Å²) in [6, 6.07) is 11.0. The topological polar surface area (TPSA) is 85.1 Å². The van der Waals surface area contributed by atoms with Crippen molar-refractivity contribution in [2.75, 3.05) is 24.8 Å². The number of methoxy groups -OCH3 is 1. The SMILES string of the molecule is CNc1c(Nc2ccc(OC)c(Cl)c2)nc(-c2ccc(F)cc2)nc1C(C)N. The summed E-state index contributed by atoms with van der Waals surface area (Å²) in [5, 5.41) is 6.83. The van der Waals surface area contributed by atoms with Crippen LogP contribution in [0.25, 0.3) is 11.4 Å². The zero-order chi connectivity index (χ0) is 20.3. The van der Waals surface area contributed by atoms with E-state index in [0.29, 0.717) is 39.4 Å². The van der Waals surface area contributed by atoms with E-state index in [1.807, 2.05) is 13.0 Å². The maximum atomic E-state index is 13.3. The van der Waals surface area contributed by atoms with E-state index in [1.54, 1.807) is 38.4 Å². The Bertz CT molecular complexity index is 979. The predicted octanol–water partition coefficient (Wildman–Crippen LogP) is 4.75. The number of hydrogen-bond acceptors (Lipinski definition) is 6. The van der Waals surface area contributed by atoms with E-state index in [1.165, 1.54) is 12.1 Å². The fourth-order valence-corrected chi connectivity index (χ4v) is 3.01. The molecule has 6 nitrogen and oxygen atoms in total. The molecule has 2 aromatic carbocycles. The van der Waals surface area contributed by atoms with Crippen molar-refractivity contribution in [2.45, 2.75) is 13.0 Å². The van der Waals surface area contributed by atoms with Gasteiger partial charge in [-0.1, -0.05) is 11.6 Å². The van der Waals surface area contributed by atoms with Gasteiger partial charge in [-0.05, 0) is 49.4 Å². The van der Waals surface area contributed by atoms with Gasteiger partial charge in [-0.2, -0.15) is 0 Å². The van der Waals surface area contributed by atoms with Crippen LogP contribution in [0.3, 0.4) is 0 Å². The lowest BCUT2D eigenvalue weighted by Gasteiger charge is -2.18. The highest BCUT2D eigenvalue weighted by Gasteiger charge is 2.18. The van der Waals surface area contributed by atoms with Crippen LogP contribution < -0.4 is 21.1 Å². The molecule has 0 spiro atoms. The Morgan fingerprint density at radius 1 is 1.14 bits per heavy atom. The number of anilines is 3. The van der Waals surface area contributed by atoms with Crippen molar-refractivity contribution in [3.8, 4) is 17.1 Å². The summed E-state index contributed by atoms with van der Waals surface area (Å²) in [5.74, 6) is 1.22. The molecule has 0 fully saturated rings. The average Bonchev–Trinajstić information content (AvgIpc) is 2.68. The molecule has 0 saturated carbocycles. The van der Waals surface area contributed by atoms with Crippen molar-refractivity contribution in [3.63, 3.8) is 0 Å². The Balaban J connectivity index is 2.09. The lowest BCUT2D eigenvalue weighted by Crippen LogP contribution is -2.14. The van der Waals surface area contributed by atoms with Crippen molar-refractivity contribution >= 4 is 28.8 Å². The predicted molar refractivity (Wildman–Crippen MR) is 111 cm³/mol. The molecule has 0 aliphatic carbocycles. The van der Waals surface area contributed by atoms with Crippen molar-refractivity contribution < 1.29 is 9.13 Å². The Kier molecular flexibility index (Phi) is 5.96. The number of rotatable bonds is 6. The van der Waals surface area contributed by atoms with Gasteiger partial charge in [0.25, 0.3) is 0 Å². The molecule has 0 aliphatic rings. The molecule has 1 atom stereocenters. The van der Waals surface area contributed by atoms with E-state index in [4.69, 9.17) is 22.1 Å². The fourth-order valence-electron chi connectivity index (χ4n) is 2.75. The maximum absolute atomic E-state index is 13.3. The van der Waals surface area contributed by atoms with Gasteiger partial charge < -0.3 is 21.1 Å². The summed E-state index contributed by atoms with van der Waals surface area (Å²) >= 11 is 6.22. The number of hydrogen-bond donors (Lipinski definition) is 3. The van der Waals surface area contributed by atoms with Gasteiger partial charge in [0.15, 0.2) is 11.6 Å². The minimum absolute atomic E-state index is 0.325. The smallest absolute Gasteiger partial charge is 0.162 e. The third-order valence-electron chi connectivity index (χ3n) is 4.14.